The van der Waals surface area contributed by atoms with Gasteiger partial charge in [0.15, 0.2) is 0 Å². The normalized spacial score (nSPS) is 20.8. The Morgan fingerprint density at radius 3 is 2.78 bits per heavy atom. The largest absolute Gasteiger partial charge is 0.372 e. The SMILES string of the molecule is C[C@@H](N)c1cccc(F)c1N1CCOC(C)(C)C1. The second-order valence-corrected chi connectivity index (χ2v) is 5.50. The number of para-hydroxylation sites is 1. The number of hydrogen-bond acceptors (Lipinski definition) is 3. The van der Waals surface area contributed by atoms with Crippen LogP contribution in [0.3, 0.4) is 0 Å². The molecule has 100 valence electrons. The minimum Gasteiger partial charge on any atom is -0.372 e. The molecule has 4 heteroatoms. The average Bonchev–Trinajstić information content (AvgIpc) is 2.27. The van der Waals surface area contributed by atoms with Gasteiger partial charge in [-0.3, -0.25) is 0 Å². The molecule has 1 heterocycles. The maximum atomic E-state index is 14.1. The molecule has 1 aromatic carbocycles. The van der Waals surface area contributed by atoms with Gasteiger partial charge in [-0.2, -0.15) is 0 Å². The Hall–Kier alpha value is -1.13. The summed E-state index contributed by atoms with van der Waals surface area (Å²) in [6, 6.07) is 4.92. The number of rotatable bonds is 2. The minimum absolute atomic E-state index is 0.179. The van der Waals surface area contributed by atoms with E-state index >= 15 is 0 Å². The van der Waals surface area contributed by atoms with Gasteiger partial charge in [-0.05, 0) is 32.4 Å². The molecule has 1 saturated heterocycles. The highest BCUT2D eigenvalue weighted by molar-refractivity contribution is 5.56. The highest BCUT2D eigenvalue weighted by atomic mass is 19.1. The van der Waals surface area contributed by atoms with Crippen LogP contribution in [0.5, 0.6) is 0 Å². The number of benzene rings is 1. The van der Waals surface area contributed by atoms with Crippen molar-refractivity contribution in [1.82, 2.24) is 0 Å². The first-order chi connectivity index (χ1) is 8.41. The molecule has 0 aromatic heterocycles. The Bertz CT molecular complexity index is 432. The van der Waals surface area contributed by atoms with Crippen molar-refractivity contribution < 1.29 is 9.13 Å². The predicted molar refractivity (Wildman–Crippen MR) is 71.2 cm³/mol. The average molecular weight is 252 g/mol. The van der Waals surface area contributed by atoms with Gasteiger partial charge in [-0.15, -0.1) is 0 Å². The molecule has 0 aliphatic carbocycles. The van der Waals surface area contributed by atoms with E-state index in [1.54, 1.807) is 6.07 Å². The molecule has 0 radical (unpaired) electrons. The van der Waals surface area contributed by atoms with E-state index in [2.05, 4.69) is 0 Å². The minimum atomic E-state index is -0.254. The molecule has 18 heavy (non-hydrogen) atoms. The summed E-state index contributed by atoms with van der Waals surface area (Å²) >= 11 is 0. The van der Waals surface area contributed by atoms with Crippen molar-refractivity contribution in [3.63, 3.8) is 0 Å². The molecule has 1 aliphatic heterocycles. The fourth-order valence-corrected chi connectivity index (χ4v) is 2.44. The van der Waals surface area contributed by atoms with Crippen molar-refractivity contribution in [3.8, 4) is 0 Å². The van der Waals surface area contributed by atoms with E-state index in [0.29, 0.717) is 25.4 Å². The van der Waals surface area contributed by atoms with E-state index in [9.17, 15) is 4.39 Å². The van der Waals surface area contributed by atoms with Crippen LogP contribution in [0.25, 0.3) is 0 Å². The molecular weight excluding hydrogens is 231 g/mol. The molecule has 2 N–H and O–H groups in total. The Morgan fingerprint density at radius 2 is 2.17 bits per heavy atom. The molecule has 0 saturated carbocycles. The van der Waals surface area contributed by atoms with E-state index in [1.807, 2.05) is 31.7 Å². The molecule has 0 spiro atoms. The lowest BCUT2D eigenvalue weighted by Gasteiger charge is -2.40. The van der Waals surface area contributed by atoms with Gasteiger partial charge in [0.25, 0.3) is 0 Å². The van der Waals surface area contributed by atoms with Crippen LogP contribution in [0.4, 0.5) is 10.1 Å². The van der Waals surface area contributed by atoms with Gasteiger partial charge in [0.2, 0.25) is 0 Å². The Labute approximate surface area is 108 Å². The monoisotopic (exact) mass is 252 g/mol. The molecule has 2 rings (SSSR count). The molecule has 1 atom stereocenters. The number of halogens is 1. The summed E-state index contributed by atoms with van der Waals surface area (Å²) in [7, 11) is 0. The third kappa shape index (κ3) is 2.65. The summed E-state index contributed by atoms with van der Waals surface area (Å²) in [4.78, 5) is 2.04. The first-order valence-corrected chi connectivity index (χ1v) is 6.33. The van der Waals surface area contributed by atoms with Gasteiger partial charge < -0.3 is 15.4 Å². The van der Waals surface area contributed by atoms with Crippen molar-refractivity contribution >= 4 is 5.69 Å². The van der Waals surface area contributed by atoms with Gasteiger partial charge in [0.05, 0.1) is 17.9 Å². The Morgan fingerprint density at radius 1 is 1.44 bits per heavy atom. The maximum absolute atomic E-state index is 14.1. The predicted octanol–water partition coefficient (Wildman–Crippen LogP) is 2.46. The number of anilines is 1. The molecule has 3 nitrogen and oxygen atoms in total. The molecule has 0 unspecified atom stereocenters. The van der Waals surface area contributed by atoms with Crippen LogP contribution in [-0.2, 0) is 4.74 Å². The number of nitrogens with two attached hydrogens (primary N) is 1. The molecule has 0 bridgehead atoms. The zero-order chi connectivity index (χ0) is 13.3. The van der Waals surface area contributed by atoms with Gasteiger partial charge >= 0.3 is 0 Å². The van der Waals surface area contributed by atoms with E-state index in [1.165, 1.54) is 6.07 Å². The number of morpholine rings is 1. The summed E-state index contributed by atoms with van der Waals surface area (Å²) in [6.07, 6.45) is 0. The van der Waals surface area contributed by atoms with Crippen LogP contribution in [0.15, 0.2) is 18.2 Å². The number of hydrogen-bond donors (Lipinski definition) is 1. The zero-order valence-corrected chi connectivity index (χ0v) is 11.2. The second kappa shape index (κ2) is 4.86. The summed E-state index contributed by atoms with van der Waals surface area (Å²) in [5, 5.41) is 0. The van der Waals surface area contributed by atoms with Crippen molar-refractivity contribution in [1.29, 1.82) is 0 Å². The van der Waals surface area contributed by atoms with Crippen LogP contribution < -0.4 is 10.6 Å². The summed E-state index contributed by atoms with van der Waals surface area (Å²) in [5.41, 5.74) is 7.16. The van der Waals surface area contributed by atoms with Crippen molar-refractivity contribution in [2.75, 3.05) is 24.6 Å². The van der Waals surface area contributed by atoms with Gasteiger partial charge in [-0.1, -0.05) is 12.1 Å². The van der Waals surface area contributed by atoms with E-state index in [-0.39, 0.29) is 17.5 Å². The smallest absolute Gasteiger partial charge is 0.146 e. The van der Waals surface area contributed by atoms with Gasteiger partial charge in [0.1, 0.15) is 5.82 Å². The first-order valence-electron chi connectivity index (χ1n) is 6.33. The van der Waals surface area contributed by atoms with Crippen LogP contribution in [0.1, 0.15) is 32.4 Å². The molecule has 1 aliphatic rings. The third-order valence-electron chi connectivity index (χ3n) is 3.25. The third-order valence-corrected chi connectivity index (χ3v) is 3.25. The fourth-order valence-electron chi connectivity index (χ4n) is 2.44. The number of ether oxygens (including phenoxy) is 1. The fraction of sp³-hybridized carbons (Fsp3) is 0.571. The quantitative estimate of drug-likeness (QED) is 0.878. The highest BCUT2D eigenvalue weighted by Crippen LogP contribution is 2.31. The molecule has 0 amide bonds. The van der Waals surface area contributed by atoms with Crippen LogP contribution in [0, 0.1) is 5.82 Å². The first kappa shape index (κ1) is 13.3. The van der Waals surface area contributed by atoms with Gasteiger partial charge in [0, 0.05) is 19.1 Å². The standard InChI is InChI=1S/C14H21FN2O/c1-10(16)11-5-4-6-12(15)13(11)17-7-8-18-14(2,3)9-17/h4-6,10H,7-9,16H2,1-3H3/t10-/m1/s1. The topological polar surface area (TPSA) is 38.5 Å². The summed E-state index contributed by atoms with van der Waals surface area (Å²) < 4.78 is 19.8. The van der Waals surface area contributed by atoms with Crippen molar-refractivity contribution in [3.05, 3.63) is 29.6 Å². The zero-order valence-electron chi connectivity index (χ0n) is 11.2. The van der Waals surface area contributed by atoms with Crippen molar-refractivity contribution in [2.45, 2.75) is 32.4 Å². The maximum Gasteiger partial charge on any atom is 0.146 e. The summed E-state index contributed by atoms with van der Waals surface area (Å²) in [6.45, 7) is 7.90. The molecule has 1 aromatic rings. The lowest BCUT2D eigenvalue weighted by Crippen LogP contribution is -2.49. The lowest BCUT2D eigenvalue weighted by atomic mass is 10.0. The van der Waals surface area contributed by atoms with Crippen LogP contribution in [0.2, 0.25) is 0 Å². The van der Waals surface area contributed by atoms with Crippen LogP contribution in [-0.4, -0.2) is 25.3 Å². The Kier molecular flexibility index (Phi) is 3.59. The van der Waals surface area contributed by atoms with Crippen molar-refractivity contribution in [2.24, 2.45) is 5.73 Å². The summed E-state index contributed by atoms with van der Waals surface area (Å²) in [5.74, 6) is -0.206. The highest BCUT2D eigenvalue weighted by Gasteiger charge is 2.30. The van der Waals surface area contributed by atoms with Gasteiger partial charge in [-0.25, -0.2) is 4.39 Å². The van der Waals surface area contributed by atoms with E-state index in [0.717, 1.165) is 5.56 Å². The Balaban J connectivity index is 2.38. The number of nitrogens with zero attached hydrogens (tertiary/aromatic N) is 1. The van der Waals surface area contributed by atoms with E-state index < -0.39 is 0 Å². The molecular formula is C14H21FN2O. The molecule has 1 fully saturated rings. The van der Waals surface area contributed by atoms with E-state index in [4.69, 9.17) is 10.5 Å². The second-order valence-electron chi connectivity index (χ2n) is 5.50. The lowest BCUT2D eigenvalue weighted by molar-refractivity contribution is -0.0279. The van der Waals surface area contributed by atoms with Crippen LogP contribution >= 0.6 is 0 Å².